The van der Waals surface area contributed by atoms with E-state index in [9.17, 15) is 9.90 Å². The lowest BCUT2D eigenvalue weighted by atomic mass is 9.95. The van der Waals surface area contributed by atoms with Gasteiger partial charge in [-0.2, -0.15) is 5.10 Å². The largest absolute Gasteiger partial charge is 0.504 e. The maximum absolute atomic E-state index is 13.5. The Morgan fingerprint density at radius 2 is 1.85 bits per heavy atom. The molecule has 1 aliphatic heterocycles. The molecule has 2 heterocycles. The van der Waals surface area contributed by atoms with E-state index in [2.05, 4.69) is 10.2 Å². The Kier molecular flexibility index (Phi) is 5.52. The quantitative estimate of drug-likeness (QED) is 0.394. The molecule has 33 heavy (non-hydrogen) atoms. The number of benzene rings is 3. The maximum atomic E-state index is 13.5. The van der Waals surface area contributed by atoms with Gasteiger partial charge >= 0.3 is 0 Å². The molecule has 3 aromatic carbocycles. The van der Waals surface area contributed by atoms with Gasteiger partial charge in [0.15, 0.2) is 11.5 Å². The molecule has 1 aromatic heterocycles. The Bertz CT molecular complexity index is 1320. The van der Waals surface area contributed by atoms with Crippen LogP contribution >= 0.6 is 11.6 Å². The van der Waals surface area contributed by atoms with Gasteiger partial charge in [-0.1, -0.05) is 66.2 Å². The van der Waals surface area contributed by atoms with E-state index in [-0.39, 0.29) is 11.7 Å². The third-order valence-electron chi connectivity index (χ3n) is 5.81. The number of amides is 1. The molecule has 0 bridgehead atoms. The number of aromatic hydroxyl groups is 1. The monoisotopic (exact) mass is 459 g/mol. The highest BCUT2D eigenvalue weighted by atomic mass is 35.5. The molecule has 6 nitrogen and oxygen atoms in total. The Morgan fingerprint density at radius 1 is 1.09 bits per heavy atom. The van der Waals surface area contributed by atoms with E-state index in [1.54, 1.807) is 17.0 Å². The molecule has 4 aromatic rings. The first-order valence-electron chi connectivity index (χ1n) is 10.7. The Hall–Kier alpha value is -3.77. The predicted molar refractivity (Wildman–Crippen MR) is 126 cm³/mol. The average molecular weight is 460 g/mol. The fraction of sp³-hybridized carbons (Fsp3) is 0.154. The van der Waals surface area contributed by atoms with Gasteiger partial charge in [0, 0.05) is 22.7 Å². The van der Waals surface area contributed by atoms with Crippen molar-refractivity contribution in [2.45, 2.75) is 19.5 Å². The zero-order valence-electron chi connectivity index (χ0n) is 18.0. The molecule has 0 aliphatic carbocycles. The predicted octanol–water partition coefficient (Wildman–Crippen LogP) is 5.58. The number of nitrogens with one attached hydrogen (secondary N) is 1. The molecule has 0 saturated heterocycles. The molecule has 1 aliphatic rings. The van der Waals surface area contributed by atoms with Crippen molar-refractivity contribution < 1.29 is 14.6 Å². The molecule has 0 radical (unpaired) electrons. The fourth-order valence-electron chi connectivity index (χ4n) is 4.30. The van der Waals surface area contributed by atoms with Crippen molar-refractivity contribution >= 4 is 17.5 Å². The van der Waals surface area contributed by atoms with E-state index in [0.29, 0.717) is 29.6 Å². The summed E-state index contributed by atoms with van der Waals surface area (Å²) in [6.45, 7) is 2.59. The van der Waals surface area contributed by atoms with Crippen molar-refractivity contribution in [3.05, 3.63) is 100 Å². The van der Waals surface area contributed by atoms with Crippen LogP contribution < -0.4 is 4.74 Å². The summed E-state index contributed by atoms with van der Waals surface area (Å²) in [6.07, 6.45) is 0. The van der Waals surface area contributed by atoms with Gasteiger partial charge in [0.1, 0.15) is 5.69 Å². The standard InChI is InChI=1S/C26H22ClN3O3/c1-2-33-21-14-17(12-13-20(21)31)25-22-23(16-8-4-3-5-9-16)28-29-24(22)26(32)30(25)15-18-10-6-7-11-19(18)27/h3-14,25,31H,2,15H2,1H3,(H,28,29). The van der Waals surface area contributed by atoms with Crippen LogP contribution in [0.15, 0.2) is 72.8 Å². The van der Waals surface area contributed by atoms with Crippen LogP contribution in [0.25, 0.3) is 11.3 Å². The number of H-pyrrole nitrogens is 1. The summed E-state index contributed by atoms with van der Waals surface area (Å²) in [7, 11) is 0. The van der Waals surface area contributed by atoms with Crippen molar-refractivity contribution in [3.63, 3.8) is 0 Å². The molecule has 5 rings (SSSR count). The number of nitrogens with zero attached hydrogens (tertiary/aromatic N) is 2. The topological polar surface area (TPSA) is 78.5 Å². The normalized spacial score (nSPS) is 15.0. The molecule has 2 N–H and O–H groups in total. The van der Waals surface area contributed by atoms with Gasteiger partial charge in [-0.25, -0.2) is 0 Å². The maximum Gasteiger partial charge on any atom is 0.273 e. The minimum absolute atomic E-state index is 0.0540. The van der Waals surface area contributed by atoms with E-state index in [1.165, 1.54) is 0 Å². The highest BCUT2D eigenvalue weighted by Gasteiger charge is 2.42. The van der Waals surface area contributed by atoms with Gasteiger partial charge < -0.3 is 14.7 Å². The van der Waals surface area contributed by atoms with Crippen molar-refractivity contribution in [2.24, 2.45) is 0 Å². The first-order chi connectivity index (χ1) is 16.1. The smallest absolute Gasteiger partial charge is 0.273 e. The molecular weight excluding hydrogens is 438 g/mol. The van der Waals surface area contributed by atoms with Crippen molar-refractivity contribution in [2.75, 3.05) is 6.61 Å². The molecule has 166 valence electrons. The van der Waals surface area contributed by atoms with Gasteiger partial charge in [-0.15, -0.1) is 0 Å². The van der Waals surface area contributed by atoms with Gasteiger partial charge in [0.05, 0.1) is 18.3 Å². The lowest BCUT2D eigenvalue weighted by Crippen LogP contribution is -2.29. The van der Waals surface area contributed by atoms with Crippen molar-refractivity contribution in [3.8, 4) is 22.8 Å². The van der Waals surface area contributed by atoms with Gasteiger partial charge in [-0.05, 0) is 36.2 Å². The van der Waals surface area contributed by atoms with Crippen LogP contribution in [0, 0.1) is 0 Å². The number of hydrogen-bond acceptors (Lipinski definition) is 4. The van der Waals surface area contributed by atoms with E-state index in [4.69, 9.17) is 16.3 Å². The zero-order valence-corrected chi connectivity index (χ0v) is 18.7. The number of aromatic amines is 1. The fourth-order valence-corrected chi connectivity index (χ4v) is 4.50. The summed E-state index contributed by atoms with van der Waals surface area (Å²) < 4.78 is 5.62. The number of aromatic nitrogens is 2. The van der Waals surface area contributed by atoms with Crippen LogP contribution in [-0.2, 0) is 6.54 Å². The second-order valence-corrected chi connectivity index (χ2v) is 8.22. The molecular formula is C26H22ClN3O3. The second kappa shape index (κ2) is 8.64. The van der Waals surface area contributed by atoms with E-state index in [1.807, 2.05) is 67.6 Å². The van der Waals surface area contributed by atoms with E-state index >= 15 is 0 Å². The number of halogens is 1. The number of carbonyl (C=O) groups excluding carboxylic acids is 1. The van der Waals surface area contributed by atoms with Crippen LogP contribution in [0.4, 0.5) is 0 Å². The number of hydrogen-bond donors (Lipinski definition) is 2. The summed E-state index contributed by atoms with van der Waals surface area (Å²) in [5.74, 6) is 0.271. The summed E-state index contributed by atoms with van der Waals surface area (Å²) in [6, 6.07) is 22.0. The van der Waals surface area contributed by atoms with Crippen molar-refractivity contribution in [1.29, 1.82) is 0 Å². The minimum Gasteiger partial charge on any atom is -0.504 e. The number of ether oxygens (including phenoxy) is 1. The third-order valence-corrected chi connectivity index (χ3v) is 6.18. The minimum atomic E-state index is -0.433. The van der Waals surface area contributed by atoms with Crippen molar-refractivity contribution in [1.82, 2.24) is 15.1 Å². The molecule has 7 heteroatoms. The molecule has 0 fully saturated rings. The highest BCUT2D eigenvalue weighted by Crippen LogP contribution is 2.45. The van der Waals surface area contributed by atoms with Crippen LogP contribution in [0.5, 0.6) is 11.5 Å². The average Bonchev–Trinajstić information content (AvgIpc) is 3.37. The number of fused-ring (bicyclic) bond motifs is 1. The zero-order chi connectivity index (χ0) is 22.9. The molecule has 0 saturated carbocycles. The third kappa shape index (κ3) is 3.72. The van der Waals surface area contributed by atoms with Gasteiger partial charge in [0.25, 0.3) is 5.91 Å². The number of carbonyl (C=O) groups is 1. The van der Waals surface area contributed by atoms with Gasteiger partial charge in [0.2, 0.25) is 0 Å². The molecule has 1 amide bonds. The summed E-state index contributed by atoms with van der Waals surface area (Å²) >= 11 is 6.43. The number of phenols is 1. The molecule has 1 atom stereocenters. The SMILES string of the molecule is CCOc1cc(C2c3c(-c4ccccc4)n[nH]c3C(=O)N2Cc2ccccc2Cl)ccc1O. The van der Waals surface area contributed by atoms with Gasteiger partial charge in [-0.3, -0.25) is 9.89 Å². The Balaban J connectivity index is 1.67. The van der Waals surface area contributed by atoms with Crippen LogP contribution in [0.3, 0.4) is 0 Å². The summed E-state index contributed by atoms with van der Waals surface area (Å²) in [5.41, 5.74) is 4.55. The lowest BCUT2D eigenvalue weighted by Gasteiger charge is -2.27. The van der Waals surface area contributed by atoms with Crippen LogP contribution in [0.2, 0.25) is 5.02 Å². The summed E-state index contributed by atoms with van der Waals surface area (Å²) in [5, 5.41) is 18.3. The Labute approximate surface area is 196 Å². The second-order valence-electron chi connectivity index (χ2n) is 7.81. The highest BCUT2D eigenvalue weighted by molar-refractivity contribution is 6.31. The van der Waals surface area contributed by atoms with E-state index in [0.717, 1.165) is 27.9 Å². The Morgan fingerprint density at radius 3 is 2.61 bits per heavy atom. The first-order valence-corrected chi connectivity index (χ1v) is 11.1. The van der Waals surface area contributed by atoms with Crippen LogP contribution in [-0.4, -0.2) is 32.7 Å². The first kappa shape index (κ1) is 21.1. The summed E-state index contributed by atoms with van der Waals surface area (Å²) in [4.78, 5) is 15.3. The lowest BCUT2D eigenvalue weighted by molar-refractivity contribution is 0.0730. The van der Waals surface area contributed by atoms with E-state index < -0.39 is 6.04 Å². The number of phenolic OH excluding ortho intramolecular Hbond substituents is 1. The number of rotatable bonds is 6. The molecule has 1 unspecified atom stereocenters. The molecule has 0 spiro atoms. The van der Waals surface area contributed by atoms with Crippen LogP contribution in [0.1, 0.15) is 40.1 Å².